The van der Waals surface area contributed by atoms with Crippen molar-refractivity contribution in [3.05, 3.63) is 0 Å². The Labute approximate surface area is 57.9 Å². The lowest BCUT2D eigenvalue weighted by atomic mass is 10.3. The standard InChI is InChI=1S/C5H9NO4/c7-5(8)6-4-2-1-3-9-10-4/h4,6H,1-3H2,(H,7,8). The number of amides is 1. The molecule has 1 unspecified atom stereocenters. The van der Waals surface area contributed by atoms with Crippen molar-refractivity contribution in [1.29, 1.82) is 0 Å². The molecule has 5 nitrogen and oxygen atoms in total. The van der Waals surface area contributed by atoms with Crippen molar-refractivity contribution in [2.75, 3.05) is 6.61 Å². The summed E-state index contributed by atoms with van der Waals surface area (Å²) in [7, 11) is 0. The summed E-state index contributed by atoms with van der Waals surface area (Å²) in [4.78, 5) is 19.2. The van der Waals surface area contributed by atoms with E-state index in [1.165, 1.54) is 0 Å². The van der Waals surface area contributed by atoms with E-state index in [9.17, 15) is 4.79 Å². The molecule has 0 aliphatic carbocycles. The van der Waals surface area contributed by atoms with Crippen molar-refractivity contribution in [3.8, 4) is 0 Å². The van der Waals surface area contributed by atoms with Gasteiger partial charge in [0.1, 0.15) is 0 Å². The maximum Gasteiger partial charge on any atom is 0.406 e. The lowest BCUT2D eigenvalue weighted by molar-refractivity contribution is -0.348. The van der Waals surface area contributed by atoms with Crippen LogP contribution in [0.25, 0.3) is 0 Å². The Bertz CT molecular complexity index is 121. The minimum atomic E-state index is -1.09. The third-order valence-electron chi connectivity index (χ3n) is 1.16. The highest BCUT2D eigenvalue weighted by Crippen LogP contribution is 2.06. The second-order valence-electron chi connectivity index (χ2n) is 2.00. The van der Waals surface area contributed by atoms with E-state index in [-0.39, 0.29) is 0 Å². The minimum absolute atomic E-state index is 0.494. The summed E-state index contributed by atoms with van der Waals surface area (Å²) < 4.78 is 0. The van der Waals surface area contributed by atoms with Gasteiger partial charge in [-0.15, -0.1) is 0 Å². The van der Waals surface area contributed by atoms with Gasteiger partial charge >= 0.3 is 6.09 Å². The summed E-state index contributed by atoms with van der Waals surface area (Å²) in [5.74, 6) is 0. The second kappa shape index (κ2) is 3.38. The third-order valence-corrected chi connectivity index (χ3v) is 1.16. The Balaban J connectivity index is 2.19. The van der Waals surface area contributed by atoms with E-state index >= 15 is 0 Å². The molecule has 0 radical (unpaired) electrons. The van der Waals surface area contributed by atoms with E-state index in [0.717, 1.165) is 6.42 Å². The molecule has 0 aromatic rings. The maximum atomic E-state index is 10.0. The minimum Gasteiger partial charge on any atom is -0.465 e. The molecule has 0 aromatic carbocycles. The van der Waals surface area contributed by atoms with Crippen LogP contribution in [0.5, 0.6) is 0 Å². The molecule has 5 heteroatoms. The van der Waals surface area contributed by atoms with Gasteiger partial charge in [-0.05, 0) is 12.8 Å². The first-order valence-electron chi connectivity index (χ1n) is 3.07. The molecule has 1 amide bonds. The van der Waals surface area contributed by atoms with Crippen LogP contribution in [0.3, 0.4) is 0 Å². The van der Waals surface area contributed by atoms with Gasteiger partial charge in [-0.3, -0.25) is 5.32 Å². The van der Waals surface area contributed by atoms with Crippen molar-refractivity contribution < 1.29 is 19.7 Å². The maximum absolute atomic E-state index is 10.0. The van der Waals surface area contributed by atoms with Crippen LogP contribution in [0.15, 0.2) is 0 Å². The molecular weight excluding hydrogens is 138 g/mol. The molecular formula is C5H9NO4. The van der Waals surface area contributed by atoms with E-state index in [1.54, 1.807) is 0 Å². The van der Waals surface area contributed by atoms with Gasteiger partial charge in [0.15, 0.2) is 6.23 Å². The molecule has 2 N–H and O–H groups in total. The van der Waals surface area contributed by atoms with Crippen LogP contribution in [0.2, 0.25) is 0 Å². The molecule has 58 valence electrons. The number of hydrogen-bond donors (Lipinski definition) is 2. The number of rotatable bonds is 1. The molecule has 0 bridgehead atoms. The molecule has 1 aliphatic rings. The van der Waals surface area contributed by atoms with Crippen LogP contribution >= 0.6 is 0 Å². The van der Waals surface area contributed by atoms with Crippen molar-refractivity contribution in [2.45, 2.75) is 19.1 Å². The average Bonchev–Trinajstić information content (AvgIpc) is 1.88. The normalized spacial score (nSPS) is 25.8. The molecule has 10 heavy (non-hydrogen) atoms. The highest BCUT2D eigenvalue weighted by atomic mass is 17.2. The molecule has 1 aliphatic heterocycles. The summed E-state index contributed by atoms with van der Waals surface area (Å²) in [6.45, 7) is 0.539. The largest absolute Gasteiger partial charge is 0.465 e. The molecule has 1 saturated heterocycles. The monoisotopic (exact) mass is 147 g/mol. The molecule has 0 spiro atoms. The van der Waals surface area contributed by atoms with Gasteiger partial charge < -0.3 is 5.11 Å². The summed E-state index contributed by atoms with van der Waals surface area (Å²) in [6.07, 6.45) is -0.0844. The number of hydrogen-bond acceptors (Lipinski definition) is 3. The first-order valence-corrected chi connectivity index (χ1v) is 3.07. The van der Waals surface area contributed by atoms with Gasteiger partial charge in [0, 0.05) is 0 Å². The van der Waals surface area contributed by atoms with Crippen molar-refractivity contribution in [3.63, 3.8) is 0 Å². The molecule has 0 saturated carbocycles. The van der Waals surface area contributed by atoms with E-state index in [4.69, 9.17) is 5.11 Å². The average molecular weight is 147 g/mol. The van der Waals surface area contributed by atoms with Crippen molar-refractivity contribution >= 4 is 6.09 Å². The molecule has 1 rings (SSSR count). The van der Waals surface area contributed by atoms with E-state index in [2.05, 4.69) is 15.1 Å². The van der Waals surface area contributed by atoms with E-state index in [1.807, 2.05) is 0 Å². The SMILES string of the molecule is O=C(O)NC1CCCOO1. The topological polar surface area (TPSA) is 67.8 Å². The summed E-state index contributed by atoms with van der Waals surface area (Å²) in [5.41, 5.74) is 0. The van der Waals surface area contributed by atoms with Crippen LogP contribution in [0.4, 0.5) is 4.79 Å². The van der Waals surface area contributed by atoms with Crippen LogP contribution < -0.4 is 5.32 Å². The zero-order valence-electron chi connectivity index (χ0n) is 5.37. The van der Waals surface area contributed by atoms with Gasteiger partial charge in [-0.25, -0.2) is 14.6 Å². The fourth-order valence-electron chi connectivity index (χ4n) is 0.740. The van der Waals surface area contributed by atoms with E-state index in [0.29, 0.717) is 13.0 Å². The Morgan fingerprint density at radius 1 is 1.70 bits per heavy atom. The fourth-order valence-corrected chi connectivity index (χ4v) is 0.740. The molecule has 1 atom stereocenters. The van der Waals surface area contributed by atoms with Crippen LogP contribution in [-0.2, 0) is 9.78 Å². The highest BCUT2D eigenvalue weighted by Gasteiger charge is 2.16. The Kier molecular flexibility index (Phi) is 2.47. The van der Waals surface area contributed by atoms with Crippen LogP contribution in [0.1, 0.15) is 12.8 Å². The van der Waals surface area contributed by atoms with Crippen molar-refractivity contribution in [2.24, 2.45) is 0 Å². The molecule has 1 heterocycles. The smallest absolute Gasteiger partial charge is 0.406 e. The van der Waals surface area contributed by atoms with Gasteiger partial charge in [-0.1, -0.05) is 0 Å². The van der Waals surface area contributed by atoms with E-state index < -0.39 is 12.3 Å². The van der Waals surface area contributed by atoms with Crippen LogP contribution in [-0.4, -0.2) is 24.0 Å². The quantitative estimate of drug-likeness (QED) is 0.524. The Morgan fingerprint density at radius 2 is 2.50 bits per heavy atom. The van der Waals surface area contributed by atoms with Gasteiger partial charge in [0.05, 0.1) is 6.61 Å². The summed E-state index contributed by atoms with van der Waals surface area (Å²) >= 11 is 0. The van der Waals surface area contributed by atoms with Crippen LogP contribution in [0, 0.1) is 0 Å². The lowest BCUT2D eigenvalue weighted by Gasteiger charge is -2.20. The van der Waals surface area contributed by atoms with Gasteiger partial charge in [-0.2, -0.15) is 0 Å². The highest BCUT2D eigenvalue weighted by molar-refractivity contribution is 5.64. The van der Waals surface area contributed by atoms with Crippen molar-refractivity contribution in [1.82, 2.24) is 5.32 Å². The predicted molar refractivity (Wildman–Crippen MR) is 31.2 cm³/mol. The van der Waals surface area contributed by atoms with Gasteiger partial charge in [0.25, 0.3) is 0 Å². The first kappa shape index (κ1) is 7.30. The fraction of sp³-hybridized carbons (Fsp3) is 0.800. The molecule has 0 aromatic heterocycles. The van der Waals surface area contributed by atoms with Gasteiger partial charge in [0.2, 0.25) is 0 Å². The number of carbonyl (C=O) groups is 1. The zero-order valence-corrected chi connectivity index (χ0v) is 5.37. The first-order chi connectivity index (χ1) is 4.79. The Morgan fingerprint density at radius 3 is 3.00 bits per heavy atom. The summed E-state index contributed by atoms with van der Waals surface area (Å²) in [6, 6.07) is 0. The Hall–Kier alpha value is -0.810. The predicted octanol–water partition coefficient (Wildman–Crippen LogP) is 0.322. The summed E-state index contributed by atoms with van der Waals surface area (Å²) in [5, 5.41) is 10.4. The number of carboxylic acid groups (broad SMARTS) is 1. The third kappa shape index (κ3) is 2.20. The second-order valence-corrected chi connectivity index (χ2v) is 2.00. The lowest BCUT2D eigenvalue weighted by Crippen LogP contribution is -2.38. The molecule has 1 fully saturated rings. The number of nitrogens with one attached hydrogen (secondary N) is 1. The zero-order chi connectivity index (χ0) is 7.40.